The van der Waals surface area contributed by atoms with Gasteiger partial charge >= 0.3 is 0 Å². The Morgan fingerprint density at radius 2 is 1.91 bits per heavy atom. The summed E-state index contributed by atoms with van der Waals surface area (Å²) in [6.07, 6.45) is 1.90. The van der Waals surface area contributed by atoms with Gasteiger partial charge in [-0.3, -0.25) is 9.89 Å². The van der Waals surface area contributed by atoms with Crippen LogP contribution in [-0.2, 0) is 6.54 Å². The number of halogens is 1. The summed E-state index contributed by atoms with van der Waals surface area (Å²) in [7, 11) is 1.80. The van der Waals surface area contributed by atoms with Gasteiger partial charge in [0.25, 0.3) is 0 Å². The predicted octanol–water partition coefficient (Wildman–Crippen LogP) is 2.85. The van der Waals surface area contributed by atoms with Gasteiger partial charge in [0.05, 0.1) is 6.54 Å². The third-order valence-corrected chi connectivity index (χ3v) is 4.20. The highest BCUT2D eigenvalue weighted by molar-refractivity contribution is 14.0. The largest absolute Gasteiger partial charge is 0.355 e. The number of aromatic nitrogens is 1. The van der Waals surface area contributed by atoms with Crippen molar-refractivity contribution in [1.29, 1.82) is 0 Å². The minimum Gasteiger partial charge on any atom is -0.355 e. The topological polar surface area (TPSA) is 52.6 Å². The fourth-order valence-corrected chi connectivity index (χ4v) is 3.01. The summed E-state index contributed by atoms with van der Waals surface area (Å²) in [5.41, 5.74) is 0. The van der Waals surface area contributed by atoms with E-state index in [4.69, 9.17) is 0 Å². The van der Waals surface area contributed by atoms with E-state index in [1.54, 1.807) is 18.4 Å². The lowest BCUT2D eigenvalue weighted by Crippen LogP contribution is -2.45. The van der Waals surface area contributed by atoms with Gasteiger partial charge in [0.1, 0.15) is 5.01 Å². The van der Waals surface area contributed by atoms with Crippen LogP contribution in [-0.4, -0.2) is 48.1 Å². The Bertz CT molecular complexity index is 437. The quantitative estimate of drug-likeness (QED) is 0.390. The number of nitrogens with zero attached hydrogens (tertiary/aromatic N) is 3. The maximum atomic E-state index is 4.34. The first kappa shape index (κ1) is 21.6. The first-order valence-corrected chi connectivity index (χ1v) is 8.37. The molecule has 1 aromatic heterocycles. The predicted molar refractivity (Wildman–Crippen MR) is 107 cm³/mol. The van der Waals surface area contributed by atoms with Gasteiger partial charge < -0.3 is 10.6 Å². The molecule has 5 nitrogen and oxygen atoms in total. The molecule has 0 radical (unpaired) electrons. The van der Waals surface area contributed by atoms with Crippen molar-refractivity contribution < 1.29 is 0 Å². The van der Waals surface area contributed by atoms with Crippen molar-refractivity contribution in [3.05, 3.63) is 16.1 Å². The van der Waals surface area contributed by atoms with Crippen molar-refractivity contribution in [2.24, 2.45) is 4.99 Å². The summed E-state index contributed by atoms with van der Waals surface area (Å²) < 4.78 is 0. The minimum atomic E-state index is 0. The average Bonchev–Trinajstić information content (AvgIpc) is 2.82. The molecule has 0 atom stereocenters. The van der Waals surface area contributed by atoms with Gasteiger partial charge in [-0.15, -0.1) is 35.3 Å². The van der Waals surface area contributed by atoms with Crippen LogP contribution in [0.2, 0.25) is 0 Å². The molecule has 0 aliphatic rings. The molecule has 2 N–H and O–H groups in total. The Morgan fingerprint density at radius 3 is 2.36 bits per heavy atom. The Kier molecular flexibility index (Phi) is 11.0. The zero-order valence-electron chi connectivity index (χ0n) is 14.5. The van der Waals surface area contributed by atoms with Crippen molar-refractivity contribution in [3.8, 4) is 0 Å². The molecule has 0 fully saturated rings. The first-order valence-electron chi connectivity index (χ1n) is 7.55. The van der Waals surface area contributed by atoms with Gasteiger partial charge in [-0.25, -0.2) is 4.98 Å². The van der Waals surface area contributed by atoms with E-state index < -0.39 is 0 Å². The van der Waals surface area contributed by atoms with E-state index >= 15 is 0 Å². The molecule has 22 heavy (non-hydrogen) atoms. The van der Waals surface area contributed by atoms with E-state index in [-0.39, 0.29) is 24.0 Å². The molecule has 0 spiro atoms. The summed E-state index contributed by atoms with van der Waals surface area (Å²) >= 11 is 1.71. The van der Waals surface area contributed by atoms with Gasteiger partial charge in [-0.2, -0.15) is 0 Å². The maximum absolute atomic E-state index is 4.34. The molecule has 0 aliphatic heterocycles. The van der Waals surface area contributed by atoms with E-state index in [1.807, 2.05) is 6.20 Å². The molecule has 7 heteroatoms. The van der Waals surface area contributed by atoms with E-state index in [9.17, 15) is 0 Å². The second-order valence-electron chi connectivity index (χ2n) is 5.64. The number of aliphatic imine (C=N–C) groups is 1. The molecule has 0 saturated carbocycles. The van der Waals surface area contributed by atoms with Crippen LogP contribution in [0.3, 0.4) is 0 Å². The van der Waals surface area contributed by atoms with Gasteiger partial charge in [0.15, 0.2) is 5.96 Å². The number of guanidine groups is 1. The molecule has 1 rings (SSSR count). The van der Waals surface area contributed by atoms with Crippen molar-refractivity contribution in [3.63, 3.8) is 0 Å². The summed E-state index contributed by atoms with van der Waals surface area (Å²) in [6.45, 7) is 13.6. The number of aryl methyl sites for hydroxylation is 1. The van der Waals surface area contributed by atoms with Crippen molar-refractivity contribution in [2.45, 2.75) is 53.2 Å². The highest BCUT2D eigenvalue weighted by atomic mass is 127. The first-order chi connectivity index (χ1) is 9.93. The van der Waals surface area contributed by atoms with Crippen LogP contribution in [0.15, 0.2) is 11.2 Å². The molecule has 0 bridgehead atoms. The summed E-state index contributed by atoms with van der Waals surface area (Å²) in [5.74, 6) is 0.829. The normalized spacial score (nSPS) is 12.0. The molecule has 0 unspecified atom stereocenters. The van der Waals surface area contributed by atoms with Crippen molar-refractivity contribution in [1.82, 2.24) is 20.5 Å². The third-order valence-electron chi connectivity index (χ3n) is 3.29. The molecule has 128 valence electrons. The molecule has 0 saturated heterocycles. The Morgan fingerprint density at radius 1 is 1.27 bits per heavy atom. The number of thiazole rings is 1. The Hall–Kier alpha value is -0.410. The van der Waals surface area contributed by atoms with Crippen molar-refractivity contribution in [2.75, 3.05) is 20.1 Å². The van der Waals surface area contributed by atoms with E-state index in [2.05, 4.69) is 60.1 Å². The van der Waals surface area contributed by atoms with E-state index in [0.717, 1.165) is 30.6 Å². The van der Waals surface area contributed by atoms with Crippen molar-refractivity contribution >= 4 is 41.3 Å². The Labute approximate surface area is 156 Å². The third kappa shape index (κ3) is 7.73. The van der Waals surface area contributed by atoms with Gasteiger partial charge in [-0.1, -0.05) is 0 Å². The second-order valence-corrected chi connectivity index (χ2v) is 6.96. The number of nitrogens with one attached hydrogen (secondary N) is 2. The number of rotatable bonds is 7. The highest BCUT2D eigenvalue weighted by Gasteiger charge is 2.12. The molecule has 1 heterocycles. The van der Waals surface area contributed by atoms with Crippen LogP contribution in [0.1, 0.15) is 37.6 Å². The standard InChI is InChI=1S/C15H29N5S.HI/c1-11(2)20(12(3)4)8-7-17-15(16-6)19-10-14-18-9-13(5)21-14;/h9,11-12H,7-8,10H2,1-6H3,(H2,16,17,19);1H. The monoisotopic (exact) mass is 439 g/mol. The summed E-state index contributed by atoms with van der Waals surface area (Å²) in [5, 5.41) is 7.74. The molecular weight excluding hydrogens is 409 g/mol. The molecule has 0 aromatic carbocycles. The molecule has 0 amide bonds. The SMILES string of the molecule is CN=C(NCCN(C(C)C)C(C)C)NCc1ncc(C)s1.I. The lowest BCUT2D eigenvalue weighted by molar-refractivity contribution is 0.178. The fraction of sp³-hybridized carbons (Fsp3) is 0.733. The van der Waals surface area contributed by atoms with Crippen LogP contribution >= 0.6 is 35.3 Å². The van der Waals surface area contributed by atoms with Crippen LogP contribution in [0.4, 0.5) is 0 Å². The lowest BCUT2D eigenvalue weighted by atomic mass is 10.2. The van der Waals surface area contributed by atoms with Crippen LogP contribution in [0, 0.1) is 6.92 Å². The zero-order valence-corrected chi connectivity index (χ0v) is 17.7. The second kappa shape index (κ2) is 11.2. The average molecular weight is 439 g/mol. The minimum absolute atomic E-state index is 0. The Balaban J connectivity index is 0.00000441. The zero-order chi connectivity index (χ0) is 15.8. The number of hydrogen-bond donors (Lipinski definition) is 2. The fourth-order valence-electron chi connectivity index (χ4n) is 2.28. The summed E-state index contributed by atoms with van der Waals surface area (Å²) in [4.78, 5) is 12.3. The molecule has 1 aromatic rings. The highest BCUT2D eigenvalue weighted by Crippen LogP contribution is 2.10. The van der Waals surface area contributed by atoms with Crippen LogP contribution in [0.5, 0.6) is 0 Å². The van der Waals surface area contributed by atoms with E-state index in [0.29, 0.717) is 12.1 Å². The number of hydrogen-bond acceptors (Lipinski definition) is 4. The molecular formula is C15H30IN5S. The van der Waals surface area contributed by atoms with Gasteiger partial charge in [-0.05, 0) is 34.6 Å². The van der Waals surface area contributed by atoms with Gasteiger partial charge in [0.2, 0.25) is 0 Å². The lowest BCUT2D eigenvalue weighted by Gasteiger charge is -2.30. The van der Waals surface area contributed by atoms with Crippen LogP contribution in [0.25, 0.3) is 0 Å². The maximum Gasteiger partial charge on any atom is 0.191 e. The van der Waals surface area contributed by atoms with Crippen LogP contribution < -0.4 is 10.6 Å². The van der Waals surface area contributed by atoms with Gasteiger partial charge in [0, 0.05) is 43.3 Å². The van der Waals surface area contributed by atoms with E-state index in [1.165, 1.54) is 4.88 Å². The smallest absolute Gasteiger partial charge is 0.191 e. The summed E-state index contributed by atoms with van der Waals surface area (Å²) in [6, 6.07) is 1.11. The molecule has 0 aliphatic carbocycles.